The third-order valence-corrected chi connectivity index (χ3v) is 4.32. The first kappa shape index (κ1) is 16.5. The van der Waals surface area contributed by atoms with Gasteiger partial charge < -0.3 is 14.8 Å². The molecule has 1 aliphatic heterocycles. The van der Waals surface area contributed by atoms with Gasteiger partial charge in [0.2, 0.25) is 11.9 Å². The average molecular weight is 327 g/mol. The molecule has 2 aromatic rings. The third-order valence-electron chi connectivity index (χ3n) is 4.32. The number of hydrogen-bond donors (Lipinski definition) is 1. The van der Waals surface area contributed by atoms with Crippen molar-refractivity contribution in [3.05, 3.63) is 41.7 Å². The molecule has 1 fully saturated rings. The van der Waals surface area contributed by atoms with Crippen molar-refractivity contribution in [1.82, 2.24) is 14.5 Å². The van der Waals surface area contributed by atoms with Gasteiger partial charge in [-0.2, -0.15) is 0 Å². The molecule has 0 radical (unpaired) electrons. The Morgan fingerprint density at radius 1 is 1.12 bits per heavy atom. The fraction of sp³-hybridized carbons (Fsp3) is 0.444. The van der Waals surface area contributed by atoms with Crippen LogP contribution >= 0.6 is 0 Å². The first-order valence-electron chi connectivity index (χ1n) is 8.34. The van der Waals surface area contributed by atoms with E-state index in [0.29, 0.717) is 6.54 Å². The molecular weight excluding hydrogens is 302 g/mol. The monoisotopic (exact) mass is 327 g/mol. The number of imidazole rings is 1. The number of amides is 1. The molecule has 1 aliphatic rings. The summed E-state index contributed by atoms with van der Waals surface area (Å²) >= 11 is 0. The van der Waals surface area contributed by atoms with E-state index in [9.17, 15) is 4.79 Å². The van der Waals surface area contributed by atoms with Gasteiger partial charge in [-0.3, -0.25) is 9.69 Å². The summed E-state index contributed by atoms with van der Waals surface area (Å²) in [6, 6.07) is 6.11. The van der Waals surface area contributed by atoms with Crippen molar-refractivity contribution in [3.63, 3.8) is 0 Å². The zero-order valence-corrected chi connectivity index (χ0v) is 14.6. The molecule has 1 aromatic heterocycles. The lowest BCUT2D eigenvalue weighted by Gasteiger charge is -2.34. The summed E-state index contributed by atoms with van der Waals surface area (Å²) in [5, 5.41) is 3.01. The summed E-state index contributed by atoms with van der Waals surface area (Å²) in [6.07, 6.45) is 3.78. The molecule has 0 atom stereocenters. The molecule has 0 bridgehead atoms. The van der Waals surface area contributed by atoms with Gasteiger partial charge >= 0.3 is 0 Å². The Bertz CT molecular complexity index is 696. The van der Waals surface area contributed by atoms with Gasteiger partial charge in [-0.25, -0.2) is 4.98 Å². The van der Waals surface area contributed by atoms with Crippen molar-refractivity contribution in [2.75, 3.05) is 42.9 Å². The molecule has 1 aromatic carbocycles. The predicted molar refractivity (Wildman–Crippen MR) is 96.4 cm³/mol. The van der Waals surface area contributed by atoms with Crippen LogP contribution < -0.4 is 10.2 Å². The van der Waals surface area contributed by atoms with Crippen molar-refractivity contribution in [1.29, 1.82) is 0 Å². The summed E-state index contributed by atoms with van der Waals surface area (Å²) in [5.74, 6) is 1.04. The summed E-state index contributed by atoms with van der Waals surface area (Å²) < 4.78 is 2.03. The smallest absolute Gasteiger partial charge is 0.238 e. The first-order chi connectivity index (χ1) is 11.5. The van der Waals surface area contributed by atoms with E-state index in [0.717, 1.165) is 48.9 Å². The largest absolute Gasteiger partial charge is 0.340 e. The summed E-state index contributed by atoms with van der Waals surface area (Å²) in [5.41, 5.74) is 3.20. The maximum atomic E-state index is 12.3. The maximum absolute atomic E-state index is 12.3. The maximum Gasteiger partial charge on any atom is 0.238 e. The molecular formula is C18H25N5O. The van der Waals surface area contributed by atoms with Crippen LogP contribution in [0.4, 0.5) is 11.6 Å². The van der Waals surface area contributed by atoms with Crippen LogP contribution in [0.3, 0.4) is 0 Å². The van der Waals surface area contributed by atoms with Crippen LogP contribution in [0, 0.1) is 13.8 Å². The Balaban J connectivity index is 1.50. The Morgan fingerprint density at radius 2 is 1.79 bits per heavy atom. The summed E-state index contributed by atoms with van der Waals surface area (Å²) in [6.45, 7) is 8.03. The van der Waals surface area contributed by atoms with Crippen LogP contribution in [0.15, 0.2) is 30.6 Å². The van der Waals surface area contributed by atoms with Gasteiger partial charge in [0.05, 0.1) is 6.54 Å². The van der Waals surface area contributed by atoms with Crippen LogP contribution in [-0.2, 0) is 11.8 Å². The number of rotatable bonds is 4. The number of nitrogens with zero attached hydrogens (tertiary/aromatic N) is 4. The first-order valence-corrected chi connectivity index (χ1v) is 8.34. The fourth-order valence-corrected chi connectivity index (χ4v) is 3.22. The van der Waals surface area contributed by atoms with Crippen LogP contribution in [0.5, 0.6) is 0 Å². The number of anilines is 2. The van der Waals surface area contributed by atoms with Gasteiger partial charge in [0, 0.05) is 51.3 Å². The van der Waals surface area contributed by atoms with Gasteiger partial charge in [-0.05, 0) is 37.1 Å². The molecule has 0 spiro atoms. The highest BCUT2D eigenvalue weighted by atomic mass is 16.2. The van der Waals surface area contributed by atoms with E-state index in [1.807, 2.05) is 50.0 Å². The normalized spacial score (nSPS) is 15.5. The molecule has 0 saturated carbocycles. The van der Waals surface area contributed by atoms with E-state index < -0.39 is 0 Å². The summed E-state index contributed by atoms with van der Waals surface area (Å²) in [7, 11) is 2.01. The second kappa shape index (κ2) is 7.05. The van der Waals surface area contributed by atoms with Crippen LogP contribution in [-0.4, -0.2) is 53.1 Å². The van der Waals surface area contributed by atoms with Crippen LogP contribution in [0.1, 0.15) is 11.1 Å². The second-order valence-corrected chi connectivity index (χ2v) is 6.53. The van der Waals surface area contributed by atoms with Gasteiger partial charge in [0.1, 0.15) is 0 Å². The zero-order valence-electron chi connectivity index (χ0n) is 14.6. The van der Waals surface area contributed by atoms with Crippen LogP contribution in [0.2, 0.25) is 0 Å². The minimum atomic E-state index is 0.0467. The van der Waals surface area contributed by atoms with Crippen LogP contribution in [0.25, 0.3) is 0 Å². The lowest BCUT2D eigenvalue weighted by molar-refractivity contribution is -0.117. The van der Waals surface area contributed by atoms with E-state index in [2.05, 4.69) is 26.2 Å². The molecule has 6 nitrogen and oxygen atoms in total. The zero-order chi connectivity index (χ0) is 17.1. The number of carbonyl (C=O) groups is 1. The van der Waals surface area contributed by atoms with E-state index in [1.54, 1.807) is 0 Å². The van der Waals surface area contributed by atoms with Crippen molar-refractivity contribution >= 4 is 17.5 Å². The fourth-order valence-electron chi connectivity index (χ4n) is 3.22. The van der Waals surface area contributed by atoms with E-state index in [4.69, 9.17) is 0 Å². The number of aromatic nitrogens is 2. The Labute approximate surface area is 143 Å². The second-order valence-electron chi connectivity index (χ2n) is 6.53. The lowest BCUT2D eigenvalue weighted by atomic mass is 10.1. The SMILES string of the molecule is Cc1cc(C)cc(NC(=O)CN2CCN(c3nccn3C)CC2)c1. The molecule has 128 valence electrons. The number of hydrogen-bond acceptors (Lipinski definition) is 4. The number of piperazine rings is 1. The number of benzene rings is 1. The third kappa shape index (κ3) is 3.94. The number of carbonyl (C=O) groups excluding carboxylic acids is 1. The van der Waals surface area contributed by atoms with E-state index in [1.165, 1.54) is 0 Å². The molecule has 6 heteroatoms. The number of aryl methyl sites for hydroxylation is 3. The van der Waals surface area contributed by atoms with Crippen molar-refractivity contribution < 1.29 is 4.79 Å². The van der Waals surface area contributed by atoms with Gasteiger partial charge in [-0.1, -0.05) is 6.07 Å². The van der Waals surface area contributed by atoms with Gasteiger partial charge in [0.15, 0.2) is 0 Å². The molecule has 1 N–H and O–H groups in total. The Kier molecular flexibility index (Phi) is 4.85. The highest BCUT2D eigenvalue weighted by Crippen LogP contribution is 2.15. The highest BCUT2D eigenvalue weighted by Gasteiger charge is 2.21. The standard InChI is InChI=1S/C18H25N5O/c1-14-10-15(2)12-16(11-14)20-17(24)13-22-6-8-23(9-7-22)18-19-4-5-21(18)3/h4-5,10-12H,6-9,13H2,1-3H3,(H,20,24). The Hall–Kier alpha value is -2.34. The molecule has 1 saturated heterocycles. The molecule has 0 aliphatic carbocycles. The van der Waals surface area contributed by atoms with Gasteiger partial charge in [-0.15, -0.1) is 0 Å². The molecule has 24 heavy (non-hydrogen) atoms. The molecule has 2 heterocycles. The molecule has 1 amide bonds. The minimum Gasteiger partial charge on any atom is -0.340 e. The van der Waals surface area contributed by atoms with E-state index in [-0.39, 0.29) is 5.91 Å². The van der Waals surface area contributed by atoms with Gasteiger partial charge in [0.25, 0.3) is 0 Å². The minimum absolute atomic E-state index is 0.0467. The van der Waals surface area contributed by atoms with Crippen molar-refractivity contribution in [2.24, 2.45) is 7.05 Å². The average Bonchev–Trinajstić information content (AvgIpc) is 2.93. The molecule has 3 rings (SSSR count). The predicted octanol–water partition coefficient (Wildman–Crippen LogP) is 1.80. The summed E-state index contributed by atoms with van der Waals surface area (Å²) in [4.78, 5) is 21.1. The lowest BCUT2D eigenvalue weighted by Crippen LogP contribution is -2.49. The topological polar surface area (TPSA) is 53.4 Å². The van der Waals surface area contributed by atoms with Crippen molar-refractivity contribution in [2.45, 2.75) is 13.8 Å². The Morgan fingerprint density at radius 3 is 2.38 bits per heavy atom. The highest BCUT2D eigenvalue weighted by molar-refractivity contribution is 5.92. The molecule has 0 unspecified atom stereocenters. The quantitative estimate of drug-likeness (QED) is 0.930. The van der Waals surface area contributed by atoms with E-state index >= 15 is 0 Å². The van der Waals surface area contributed by atoms with Crippen molar-refractivity contribution in [3.8, 4) is 0 Å². The number of nitrogens with one attached hydrogen (secondary N) is 1.